The van der Waals surface area contributed by atoms with Crippen LogP contribution in [0.15, 0.2) is 35.2 Å². The van der Waals surface area contributed by atoms with Crippen molar-refractivity contribution in [3.8, 4) is 5.75 Å². The standard InChI is InChI=1S/C19H26N4O3S/c1-14(2)19-20-15(3)13-18(21-19)22-9-11-23(12-10-22)27(24,25)17-8-6-5-7-16(17)26-4/h5-8,13-14H,9-12H2,1-4H3. The van der Waals surface area contributed by atoms with Crippen LogP contribution in [0.4, 0.5) is 5.82 Å². The van der Waals surface area contributed by atoms with Crippen molar-refractivity contribution >= 4 is 15.8 Å². The molecule has 1 aliphatic rings. The Morgan fingerprint density at radius 2 is 1.74 bits per heavy atom. The van der Waals surface area contributed by atoms with E-state index in [9.17, 15) is 8.42 Å². The molecule has 0 amide bonds. The Bertz CT molecular complexity index is 907. The van der Waals surface area contributed by atoms with Gasteiger partial charge in [-0.1, -0.05) is 26.0 Å². The van der Waals surface area contributed by atoms with Crippen LogP contribution < -0.4 is 9.64 Å². The Labute approximate surface area is 161 Å². The van der Waals surface area contributed by atoms with Crippen LogP contribution in [0.1, 0.15) is 31.3 Å². The zero-order chi connectivity index (χ0) is 19.6. The number of anilines is 1. The molecule has 2 aromatic rings. The normalized spacial score (nSPS) is 16.0. The maximum atomic E-state index is 13.0. The van der Waals surface area contributed by atoms with Gasteiger partial charge in [-0.25, -0.2) is 18.4 Å². The molecule has 0 radical (unpaired) electrons. The number of hydrogen-bond acceptors (Lipinski definition) is 6. The Morgan fingerprint density at radius 3 is 2.37 bits per heavy atom. The highest BCUT2D eigenvalue weighted by Gasteiger charge is 2.31. The molecule has 0 N–H and O–H groups in total. The SMILES string of the molecule is COc1ccccc1S(=O)(=O)N1CCN(c2cc(C)nc(C(C)C)n2)CC1. The van der Waals surface area contributed by atoms with E-state index in [0.29, 0.717) is 31.9 Å². The Morgan fingerprint density at radius 1 is 1.07 bits per heavy atom. The van der Waals surface area contributed by atoms with Crippen LogP contribution in [0.5, 0.6) is 5.75 Å². The Kier molecular flexibility index (Phi) is 5.67. The predicted octanol–water partition coefficient (Wildman–Crippen LogP) is 2.43. The van der Waals surface area contributed by atoms with E-state index < -0.39 is 10.0 Å². The van der Waals surface area contributed by atoms with Crippen LogP contribution in [0, 0.1) is 6.92 Å². The second-order valence-electron chi connectivity index (χ2n) is 6.92. The summed E-state index contributed by atoms with van der Waals surface area (Å²) >= 11 is 0. The van der Waals surface area contributed by atoms with E-state index in [1.54, 1.807) is 24.3 Å². The Balaban J connectivity index is 1.77. The fourth-order valence-corrected chi connectivity index (χ4v) is 4.70. The van der Waals surface area contributed by atoms with E-state index in [-0.39, 0.29) is 10.8 Å². The summed E-state index contributed by atoms with van der Waals surface area (Å²) in [7, 11) is -2.11. The molecule has 0 aliphatic carbocycles. The van der Waals surface area contributed by atoms with E-state index in [2.05, 4.69) is 28.7 Å². The predicted molar refractivity (Wildman–Crippen MR) is 105 cm³/mol. The highest BCUT2D eigenvalue weighted by Crippen LogP contribution is 2.27. The number of methoxy groups -OCH3 is 1. The zero-order valence-corrected chi connectivity index (χ0v) is 17.0. The maximum absolute atomic E-state index is 13.0. The van der Waals surface area contributed by atoms with Crippen molar-refractivity contribution in [1.82, 2.24) is 14.3 Å². The summed E-state index contributed by atoms with van der Waals surface area (Å²) in [5, 5.41) is 0. The van der Waals surface area contributed by atoms with E-state index in [1.807, 2.05) is 13.0 Å². The first-order valence-corrected chi connectivity index (χ1v) is 10.5. The summed E-state index contributed by atoms with van der Waals surface area (Å²) in [6, 6.07) is 8.68. The molecule has 146 valence electrons. The number of hydrogen-bond donors (Lipinski definition) is 0. The third kappa shape index (κ3) is 4.06. The van der Waals surface area contributed by atoms with E-state index in [1.165, 1.54) is 11.4 Å². The van der Waals surface area contributed by atoms with Gasteiger partial charge in [0.1, 0.15) is 22.3 Å². The summed E-state index contributed by atoms with van der Waals surface area (Å²) < 4.78 is 32.8. The number of para-hydroxylation sites is 1. The van der Waals surface area contributed by atoms with Crippen LogP contribution in [0.3, 0.4) is 0 Å². The minimum atomic E-state index is -3.59. The second-order valence-corrected chi connectivity index (χ2v) is 8.83. The number of benzene rings is 1. The van der Waals surface area contributed by atoms with Crippen molar-refractivity contribution in [3.05, 3.63) is 41.9 Å². The quantitative estimate of drug-likeness (QED) is 0.780. The highest BCUT2D eigenvalue weighted by atomic mass is 32.2. The molecule has 1 aromatic carbocycles. The molecule has 27 heavy (non-hydrogen) atoms. The van der Waals surface area contributed by atoms with E-state index >= 15 is 0 Å². The number of rotatable bonds is 5. The van der Waals surface area contributed by atoms with Gasteiger partial charge in [-0.05, 0) is 19.1 Å². The molecule has 3 rings (SSSR count). The fraction of sp³-hybridized carbons (Fsp3) is 0.474. The van der Waals surface area contributed by atoms with Crippen molar-refractivity contribution in [3.63, 3.8) is 0 Å². The second kappa shape index (κ2) is 7.82. The first-order chi connectivity index (χ1) is 12.8. The number of aromatic nitrogens is 2. The van der Waals surface area contributed by atoms with E-state index in [4.69, 9.17) is 4.74 Å². The lowest BCUT2D eigenvalue weighted by Gasteiger charge is -2.35. The van der Waals surface area contributed by atoms with Gasteiger partial charge in [0.25, 0.3) is 0 Å². The minimum absolute atomic E-state index is 0.209. The lowest BCUT2D eigenvalue weighted by atomic mass is 10.2. The van der Waals surface area contributed by atoms with E-state index in [0.717, 1.165) is 17.3 Å². The summed E-state index contributed by atoms with van der Waals surface area (Å²) in [4.78, 5) is 11.5. The van der Waals surface area contributed by atoms with Gasteiger partial charge in [-0.2, -0.15) is 4.31 Å². The van der Waals surface area contributed by atoms with Crippen molar-refractivity contribution in [1.29, 1.82) is 0 Å². The summed E-state index contributed by atoms with van der Waals surface area (Å²) in [6.07, 6.45) is 0. The molecular weight excluding hydrogens is 364 g/mol. The molecule has 1 aliphatic heterocycles. The van der Waals surface area contributed by atoms with Gasteiger partial charge < -0.3 is 9.64 Å². The van der Waals surface area contributed by atoms with Gasteiger partial charge in [0.2, 0.25) is 10.0 Å². The van der Waals surface area contributed by atoms with Gasteiger partial charge in [0.15, 0.2) is 0 Å². The molecule has 1 fully saturated rings. The van der Waals surface area contributed by atoms with Crippen molar-refractivity contribution in [2.75, 3.05) is 38.2 Å². The average molecular weight is 391 g/mol. The van der Waals surface area contributed by atoms with Crippen LogP contribution in [0.25, 0.3) is 0 Å². The molecule has 0 spiro atoms. The Hall–Kier alpha value is -2.19. The molecule has 2 heterocycles. The zero-order valence-electron chi connectivity index (χ0n) is 16.2. The summed E-state index contributed by atoms with van der Waals surface area (Å²) in [5.74, 6) is 2.29. The highest BCUT2D eigenvalue weighted by molar-refractivity contribution is 7.89. The number of sulfonamides is 1. The molecule has 0 atom stereocenters. The minimum Gasteiger partial charge on any atom is -0.495 e. The van der Waals surface area contributed by atoms with Crippen molar-refractivity contribution in [2.24, 2.45) is 0 Å². The summed E-state index contributed by atoms with van der Waals surface area (Å²) in [5.41, 5.74) is 0.924. The molecule has 1 saturated heterocycles. The lowest BCUT2D eigenvalue weighted by molar-refractivity contribution is 0.373. The largest absolute Gasteiger partial charge is 0.495 e. The number of aryl methyl sites for hydroxylation is 1. The monoisotopic (exact) mass is 390 g/mol. The number of nitrogens with zero attached hydrogens (tertiary/aromatic N) is 4. The smallest absolute Gasteiger partial charge is 0.246 e. The first kappa shape index (κ1) is 19.6. The third-order valence-electron chi connectivity index (χ3n) is 4.62. The van der Waals surface area contributed by atoms with Gasteiger partial charge in [-0.15, -0.1) is 0 Å². The van der Waals surface area contributed by atoms with Gasteiger partial charge in [0.05, 0.1) is 7.11 Å². The van der Waals surface area contributed by atoms with Crippen LogP contribution in [-0.4, -0.2) is 56.0 Å². The number of piperazine rings is 1. The van der Waals surface area contributed by atoms with Gasteiger partial charge in [-0.3, -0.25) is 0 Å². The summed E-state index contributed by atoms with van der Waals surface area (Å²) in [6.45, 7) is 8.07. The molecular formula is C19H26N4O3S. The average Bonchev–Trinajstić information content (AvgIpc) is 2.67. The van der Waals surface area contributed by atoms with Crippen LogP contribution in [-0.2, 0) is 10.0 Å². The van der Waals surface area contributed by atoms with Crippen molar-refractivity contribution in [2.45, 2.75) is 31.6 Å². The number of ether oxygens (including phenoxy) is 1. The van der Waals surface area contributed by atoms with Gasteiger partial charge in [0, 0.05) is 43.9 Å². The van der Waals surface area contributed by atoms with Gasteiger partial charge >= 0.3 is 0 Å². The maximum Gasteiger partial charge on any atom is 0.246 e. The lowest BCUT2D eigenvalue weighted by Crippen LogP contribution is -2.49. The molecule has 0 bridgehead atoms. The third-order valence-corrected chi connectivity index (χ3v) is 6.56. The topological polar surface area (TPSA) is 75.6 Å². The van der Waals surface area contributed by atoms with Crippen LogP contribution >= 0.6 is 0 Å². The molecule has 0 unspecified atom stereocenters. The fourth-order valence-electron chi connectivity index (χ4n) is 3.12. The molecule has 1 aromatic heterocycles. The first-order valence-electron chi connectivity index (χ1n) is 9.06. The van der Waals surface area contributed by atoms with Crippen LogP contribution in [0.2, 0.25) is 0 Å². The molecule has 7 nitrogen and oxygen atoms in total. The molecule has 8 heteroatoms. The van der Waals surface area contributed by atoms with Crippen molar-refractivity contribution < 1.29 is 13.2 Å². The molecule has 0 saturated carbocycles.